The third-order valence-corrected chi connectivity index (χ3v) is 4.61. The summed E-state index contributed by atoms with van der Waals surface area (Å²) in [6.45, 7) is 3.27. The zero-order valence-electron chi connectivity index (χ0n) is 13.3. The molecular formula is C16H22N4O2. The first kappa shape index (κ1) is 14.8. The van der Waals surface area contributed by atoms with Gasteiger partial charge in [-0.2, -0.15) is 0 Å². The normalized spacial score (nSPS) is 24.4. The molecule has 1 aromatic heterocycles. The standard InChI is InChI=1S/C16H22N4O2/c1-11-15(21)19-8-4-5-13(19)10-20(11)16(22)12-6-7-14(17-9-12)18(2)3/h6-7,9,11,13H,4-5,8,10H2,1-3H3/t11-,13-/m1/s1. The summed E-state index contributed by atoms with van der Waals surface area (Å²) in [6, 6.07) is 3.39. The number of aromatic nitrogens is 1. The molecule has 6 heteroatoms. The van der Waals surface area contributed by atoms with Crippen LogP contribution < -0.4 is 4.90 Å². The predicted molar refractivity (Wildman–Crippen MR) is 83.8 cm³/mol. The van der Waals surface area contributed by atoms with E-state index in [1.165, 1.54) is 0 Å². The summed E-state index contributed by atoms with van der Waals surface area (Å²) in [6.07, 6.45) is 3.61. The number of carbonyl (C=O) groups excluding carboxylic acids is 2. The van der Waals surface area contributed by atoms with Gasteiger partial charge < -0.3 is 14.7 Å². The van der Waals surface area contributed by atoms with Gasteiger partial charge in [0.1, 0.15) is 11.9 Å². The Balaban J connectivity index is 1.80. The summed E-state index contributed by atoms with van der Waals surface area (Å²) < 4.78 is 0. The second-order valence-electron chi connectivity index (χ2n) is 6.26. The summed E-state index contributed by atoms with van der Waals surface area (Å²) in [5, 5.41) is 0. The third kappa shape index (κ3) is 2.42. The number of amides is 2. The van der Waals surface area contributed by atoms with E-state index >= 15 is 0 Å². The molecule has 0 N–H and O–H groups in total. The van der Waals surface area contributed by atoms with Gasteiger partial charge in [0.2, 0.25) is 5.91 Å². The maximum absolute atomic E-state index is 12.7. The van der Waals surface area contributed by atoms with E-state index in [0.717, 1.165) is 25.2 Å². The molecule has 2 atom stereocenters. The average Bonchev–Trinajstić information content (AvgIpc) is 2.99. The van der Waals surface area contributed by atoms with Crippen molar-refractivity contribution in [3.63, 3.8) is 0 Å². The Morgan fingerprint density at radius 3 is 2.77 bits per heavy atom. The number of hydrogen-bond donors (Lipinski definition) is 0. The zero-order chi connectivity index (χ0) is 15.9. The first-order chi connectivity index (χ1) is 10.5. The van der Waals surface area contributed by atoms with Crippen LogP contribution in [0, 0.1) is 0 Å². The van der Waals surface area contributed by atoms with Gasteiger partial charge in [-0.3, -0.25) is 9.59 Å². The molecule has 6 nitrogen and oxygen atoms in total. The molecule has 22 heavy (non-hydrogen) atoms. The Hall–Kier alpha value is -2.11. The number of piperazine rings is 1. The molecule has 2 amide bonds. The third-order valence-electron chi connectivity index (χ3n) is 4.61. The molecule has 0 aliphatic carbocycles. The number of hydrogen-bond acceptors (Lipinski definition) is 4. The lowest BCUT2D eigenvalue weighted by molar-refractivity contribution is -0.141. The van der Waals surface area contributed by atoms with Crippen molar-refractivity contribution in [2.45, 2.75) is 31.8 Å². The van der Waals surface area contributed by atoms with Gasteiger partial charge in [-0.05, 0) is 31.9 Å². The Labute approximate surface area is 130 Å². The minimum atomic E-state index is -0.393. The van der Waals surface area contributed by atoms with Crippen molar-refractivity contribution in [1.82, 2.24) is 14.8 Å². The van der Waals surface area contributed by atoms with Gasteiger partial charge in [0.15, 0.2) is 0 Å². The van der Waals surface area contributed by atoms with E-state index < -0.39 is 6.04 Å². The van der Waals surface area contributed by atoms with Crippen LogP contribution in [0.25, 0.3) is 0 Å². The molecule has 0 saturated carbocycles. The molecule has 2 aliphatic rings. The molecule has 0 bridgehead atoms. The van der Waals surface area contributed by atoms with Crippen molar-refractivity contribution in [2.24, 2.45) is 0 Å². The topological polar surface area (TPSA) is 56.8 Å². The smallest absolute Gasteiger partial charge is 0.256 e. The highest BCUT2D eigenvalue weighted by molar-refractivity contribution is 5.98. The molecule has 3 heterocycles. The Bertz CT molecular complexity index is 584. The number of pyridine rings is 1. The van der Waals surface area contributed by atoms with Crippen molar-refractivity contribution in [2.75, 3.05) is 32.1 Å². The first-order valence-electron chi connectivity index (χ1n) is 7.74. The van der Waals surface area contributed by atoms with Crippen LogP contribution in [0.3, 0.4) is 0 Å². The molecule has 3 rings (SSSR count). The number of anilines is 1. The van der Waals surface area contributed by atoms with Gasteiger partial charge in [-0.25, -0.2) is 4.98 Å². The van der Waals surface area contributed by atoms with Crippen LogP contribution in [-0.4, -0.2) is 65.9 Å². The number of nitrogens with zero attached hydrogens (tertiary/aromatic N) is 4. The predicted octanol–water partition coefficient (Wildman–Crippen LogP) is 0.983. The van der Waals surface area contributed by atoms with Crippen LogP contribution in [0.4, 0.5) is 5.82 Å². The van der Waals surface area contributed by atoms with Gasteiger partial charge in [-0.1, -0.05) is 0 Å². The van der Waals surface area contributed by atoms with Crippen molar-refractivity contribution in [3.8, 4) is 0 Å². The van der Waals surface area contributed by atoms with Gasteiger partial charge in [0.05, 0.1) is 5.56 Å². The molecule has 2 saturated heterocycles. The number of fused-ring (bicyclic) bond motifs is 1. The fourth-order valence-corrected chi connectivity index (χ4v) is 3.28. The average molecular weight is 302 g/mol. The monoisotopic (exact) mass is 302 g/mol. The Morgan fingerprint density at radius 2 is 2.14 bits per heavy atom. The van der Waals surface area contributed by atoms with Crippen LogP contribution in [0.15, 0.2) is 18.3 Å². The van der Waals surface area contributed by atoms with Crippen molar-refractivity contribution in [1.29, 1.82) is 0 Å². The van der Waals surface area contributed by atoms with Gasteiger partial charge in [0.25, 0.3) is 5.91 Å². The lowest BCUT2D eigenvalue weighted by Gasteiger charge is -2.41. The highest BCUT2D eigenvalue weighted by Crippen LogP contribution is 2.26. The molecule has 0 aromatic carbocycles. The van der Waals surface area contributed by atoms with Gasteiger partial charge >= 0.3 is 0 Å². The lowest BCUT2D eigenvalue weighted by atomic mass is 10.1. The van der Waals surface area contributed by atoms with Gasteiger partial charge in [-0.15, -0.1) is 0 Å². The zero-order valence-corrected chi connectivity index (χ0v) is 13.3. The minimum absolute atomic E-state index is 0.0694. The molecule has 0 radical (unpaired) electrons. The Kier molecular flexibility index (Phi) is 3.76. The van der Waals surface area contributed by atoms with E-state index in [4.69, 9.17) is 0 Å². The van der Waals surface area contributed by atoms with Crippen molar-refractivity contribution < 1.29 is 9.59 Å². The largest absolute Gasteiger partial charge is 0.363 e. The molecule has 2 aliphatic heterocycles. The molecule has 1 aromatic rings. The van der Waals surface area contributed by atoms with E-state index in [1.807, 2.05) is 36.9 Å². The quantitative estimate of drug-likeness (QED) is 0.817. The van der Waals surface area contributed by atoms with E-state index in [1.54, 1.807) is 17.2 Å². The fraction of sp³-hybridized carbons (Fsp3) is 0.562. The van der Waals surface area contributed by atoms with Crippen LogP contribution in [0.1, 0.15) is 30.1 Å². The van der Waals surface area contributed by atoms with Crippen molar-refractivity contribution in [3.05, 3.63) is 23.9 Å². The van der Waals surface area contributed by atoms with E-state index in [0.29, 0.717) is 12.1 Å². The first-order valence-corrected chi connectivity index (χ1v) is 7.74. The molecular weight excluding hydrogens is 280 g/mol. The van der Waals surface area contributed by atoms with Crippen LogP contribution in [0.5, 0.6) is 0 Å². The lowest BCUT2D eigenvalue weighted by Crippen LogP contribution is -2.60. The fourth-order valence-electron chi connectivity index (χ4n) is 3.28. The number of rotatable bonds is 2. The van der Waals surface area contributed by atoms with Crippen LogP contribution in [0.2, 0.25) is 0 Å². The SMILES string of the molecule is C[C@@H]1C(=O)N2CCC[C@@H]2CN1C(=O)c1ccc(N(C)C)nc1. The summed E-state index contributed by atoms with van der Waals surface area (Å²) in [7, 11) is 3.81. The van der Waals surface area contributed by atoms with E-state index in [-0.39, 0.29) is 17.9 Å². The second-order valence-corrected chi connectivity index (χ2v) is 6.26. The summed E-state index contributed by atoms with van der Waals surface area (Å²) in [4.78, 5) is 34.9. The van der Waals surface area contributed by atoms with Gasteiger partial charge in [0, 0.05) is 39.4 Å². The van der Waals surface area contributed by atoms with Crippen LogP contribution in [-0.2, 0) is 4.79 Å². The minimum Gasteiger partial charge on any atom is -0.363 e. The molecule has 2 fully saturated rings. The van der Waals surface area contributed by atoms with Crippen LogP contribution >= 0.6 is 0 Å². The Morgan fingerprint density at radius 1 is 1.36 bits per heavy atom. The van der Waals surface area contributed by atoms with Crippen molar-refractivity contribution >= 4 is 17.6 Å². The molecule has 118 valence electrons. The molecule has 0 unspecified atom stereocenters. The summed E-state index contributed by atoms with van der Waals surface area (Å²) in [5.74, 6) is 0.770. The summed E-state index contributed by atoms with van der Waals surface area (Å²) in [5.41, 5.74) is 0.539. The maximum Gasteiger partial charge on any atom is 0.256 e. The van der Waals surface area contributed by atoms with E-state index in [2.05, 4.69) is 4.98 Å². The highest BCUT2D eigenvalue weighted by atomic mass is 16.2. The molecule has 0 spiro atoms. The second kappa shape index (κ2) is 5.59. The highest BCUT2D eigenvalue weighted by Gasteiger charge is 2.42. The summed E-state index contributed by atoms with van der Waals surface area (Å²) >= 11 is 0. The maximum atomic E-state index is 12.7. The van der Waals surface area contributed by atoms with E-state index in [9.17, 15) is 9.59 Å². The number of carbonyl (C=O) groups is 2.